The molecule has 20 heavy (non-hydrogen) atoms. The number of hydrogen-bond acceptors (Lipinski definition) is 5. The Morgan fingerprint density at radius 3 is 2.30 bits per heavy atom. The van der Waals surface area contributed by atoms with Crippen LogP contribution in [0.15, 0.2) is 24.7 Å². The first-order valence-corrected chi connectivity index (χ1v) is 7.40. The zero-order chi connectivity index (χ0) is 15.3. The lowest BCUT2D eigenvalue weighted by Crippen LogP contribution is -2.54. The summed E-state index contributed by atoms with van der Waals surface area (Å²) in [6, 6.07) is 0.202. The zero-order valence-electron chi connectivity index (χ0n) is 13.7. The lowest BCUT2D eigenvalue weighted by Gasteiger charge is -2.40. The van der Waals surface area contributed by atoms with Crippen LogP contribution in [-0.2, 0) is 0 Å². The highest BCUT2D eigenvalue weighted by Crippen LogP contribution is 2.20. The molecule has 1 saturated heterocycles. The molecule has 0 aromatic rings. The second-order valence-corrected chi connectivity index (χ2v) is 6.01. The van der Waals surface area contributed by atoms with Gasteiger partial charge in [0.25, 0.3) is 0 Å². The Morgan fingerprint density at radius 1 is 1.20 bits per heavy atom. The predicted molar refractivity (Wildman–Crippen MR) is 85.4 cm³/mol. The Bertz CT molecular complexity index is 331. The van der Waals surface area contributed by atoms with E-state index in [1.54, 1.807) is 0 Å². The van der Waals surface area contributed by atoms with Crippen LogP contribution >= 0.6 is 0 Å². The molecule has 1 aliphatic rings. The molecule has 116 valence electrons. The van der Waals surface area contributed by atoms with E-state index in [1.165, 1.54) is 12.8 Å². The first-order valence-electron chi connectivity index (χ1n) is 7.40. The van der Waals surface area contributed by atoms with Gasteiger partial charge in [0.05, 0.1) is 11.9 Å². The van der Waals surface area contributed by atoms with Crippen molar-refractivity contribution in [3.8, 4) is 0 Å². The monoisotopic (exact) mass is 281 g/mol. The number of nitrogens with zero attached hydrogens (tertiary/aromatic N) is 3. The number of hydrazine groups is 2. The summed E-state index contributed by atoms with van der Waals surface area (Å²) in [5.41, 5.74) is 7.75. The summed E-state index contributed by atoms with van der Waals surface area (Å²) in [4.78, 5) is 4.21. The Hall–Kier alpha value is -1.20. The minimum absolute atomic E-state index is 0.202. The van der Waals surface area contributed by atoms with Gasteiger partial charge in [-0.3, -0.25) is 0 Å². The molecule has 1 unspecified atom stereocenters. The fourth-order valence-corrected chi connectivity index (χ4v) is 2.58. The molecule has 0 saturated carbocycles. The van der Waals surface area contributed by atoms with E-state index in [0.717, 1.165) is 24.6 Å². The van der Waals surface area contributed by atoms with Gasteiger partial charge in [-0.2, -0.15) is 5.12 Å². The van der Waals surface area contributed by atoms with Crippen molar-refractivity contribution in [1.29, 1.82) is 0 Å². The SMILES string of the molecule is C=C(NN1CCCCN1)C(C(C)C)N(C)C(=C)N(C)C. The predicted octanol–water partition coefficient (Wildman–Crippen LogP) is 1.59. The van der Waals surface area contributed by atoms with E-state index in [2.05, 4.69) is 49.8 Å². The van der Waals surface area contributed by atoms with E-state index in [-0.39, 0.29) is 6.04 Å². The molecule has 0 aromatic heterocycles. The van der Waals surface area contributed by atoms with Crippen LogP contribution in [0, 0.1) is 5.92 Å². The van der Waals surface area contributed by atoms with Crippen molar-refractivity contribution in [1.82, 2.24) is 25.8 Å². The van der Waals surface area contributed by atoms with Gasteiger partial charge in [-0.1, -0.05) is 27.0 Å². The third kappa shape index (κ3) is 4.42. The fraction of sp³-hybridized carbons (Fsp3) is 0.733. The number of nitrogens with one attached hydrogen (secondary N) is 2. The van der Waals surface area contributed by atoms with Gasteiger partial charge in [-0.25, -0.2) is 5.43 Å². The van der Waals surface area contributed by atoms with Crippen molar-refractivity contribution >= 4 is 0 Å². The van der Waals surface area contributed by atoms with Crippen molar-refractivity contribution in [2.45, 2.75) is 32.7 Å². The van der Waals surface area contributed by atoms with E-state index in [1.807, 2.05) is 24.1 Å². The van der Waals surface area contributed by atoms with Crippen LogP contribution in [-0.4, -0.2) is 55.2 Å². The molecule has 1 rings (SSSR count). The summed E-state index contributed by atoms with van der Waals surface area (Å²) in [5.74, 6) is 1.43. The summed E-state index contributed by atoms with van der Waals surface area (Å²) in [7, 11) is 6.10. The van der Waals surface area contributed by atoms with Crippen molar-refractivity contribution < 1.29 is 0 Å². The van der Waals surface area contributed by atoms with Gasteiger partial charge in [-0.05, 0) is 18.8 Å². The minimum atomic E-state index is 0.202. The molecular weight excluding hydrogens is 250 g/mol. The van der Waals surface area contributed by atoms with Gasteiger partial charge in [0.1, 0.15) is 0 Å². The van der Waals surface area contributed by atoms with Crippen LogP contribution in [0.2, 0.25) is 0 Å². The molecule has 0 aliphatic carbocycles. The van der Waals surface area contributed by atoms with E-state index in [0.29, 0.717) is 5.92 Å². The zero-order valence-corrected chi connectivity index (χ0v) is 13.7. The van der Waals surface area contributed by atoms with Crippen LogP contribution in [0.3, 0.4) is 0 Å². The second kappa shape index (κ2) is 7.55. The van der Waals surface area contributed by atoms with Crippen molar-refractivity contribution in [2.75, 3.05) is 34.2 Å². The normalized spacial score (nSPS) is 17.7. The van der Waals surface area contributed by atoms with Crippen LogP contribution in [0.25, 0.3) is 0 Å². The van der Waals surface area contributed by atoms with Crippen LogP contribution in [0.5, 0.6) is 0 Å². The largest absolute Gasteiger partial charge is 0.365 e. The molecule has 2 N–H and O–H groups in total. The van der Waals surface area contributed by atoms with E-state index in [9.17, 15) is 0 Å². The molecule has 1 atom stereocenters. The van der Waals surface area contributed by atoms with Gasteiger partial charge < -0.3 is 15.2 Å². The van der Waals surface area contributed by atoms with E-state index >= 15 is 0 Å². The highest BCUT2D eigenvalue weighted by atomic mass is 15.7. The summed E-state index contributed by atoms with van der Waals surface area (Å²) in [6.45, 7) is 14.8. The molecule has 1 fully saturated rings. The Balaban J connectivity index is 2.69. The van der Waals surface area contributed by atoms with Gasteiger partial charge in [0.15, 0.2) is 0 Å². The van der Waals surface area contributed by atoms with E-state index < -0.39 is 0 Å². The molecular formula is C15H31N5. The van der Waals surface area contributed by atoms with Gasteiger partial charge in [-0.15, -0.1) is 0 Å². The van der Waals surface area contributed by atoms with Gasteiger partial charge in [0.2, 0.25) is 0 Å². The fourth-order valence-electron chi connectivity index (χ4n) is 2.58. The minimum Gasteiger partial charge on any atom is -0.365 e. The molecule has 0 radical (unpaired) electrons. The summed E-state index contributed by atoms with van der Waals surface area (Å²) >= 11 is 0. The molecule has 1 aliphatic heterocycles. The summed E-state index contributed by atoms with van der Waals surface area (Å²) in [5, 5.41) is 2.05. The Labute approximate surface area is 124 Å². The number of rotatable bonds is 7. The third-order valence-electron chi connectivity index (χ3n) is 3.72. The maximum Gasteiger partial charge on any atom is 0.0963 e. The first-order chi connectivity index (χ1) is 9.34. The Kier molecular flexibility index (Phi) is 6.36. The molecule has 0 amide bonds. The van der Waals surface area contributed by atoms with Crippen LogP contribution in [0.4, 0.5) is 0 Å². The summed E-state index contributed by atoms with van der Waals surface area (Å²) < 4.78 is 0. The molecule has 0 spiro atoms. The van der Waals surface area contributed by atoms with Crippen LogP contribution < -0.4 is 10.9 Å². The van der Waals surface area contributed by atoms with Gasteiger partial charge >= 0.3 is 0 Å². The average molecular weight is 281 g/mol. The van der Waals surface area contributed by atoms with Crippen molar-refractivity contribution in [2.24, 2.45) is 5.92 Å². The molecule has 1 heterocycles. The maximum absolute atomic E-state index is 4.24. The average Bonchev–Trinajstić information content (AvgIpc) is 2.38. The highest BCUT2D eigenvalue weighted by molar-refractivity contribution is 5.09. The topological polar surface area (TPSA) is 33.8 Å². The van der Waals surface area contributed by atoms with Crippen molar-refractivity contribution in [3.05, 3.63) is 24.7 Å². The van der Waals surface area contributed by atoms with Crippen LogP contribution in [0.1, 0.15) is 26.7 Å². The number of likely N-dealkylation sites (N-methyl/N-ethyl adjacent to an activating group) is 1. The maximum atomic E-state index is 4.24. The second-order valence-electron chi connectivity index (χ2n) is 6.01. The standard InChI is InChI=1S/C15H31N5/c1-12(2)15(19(7)14(4)18(5)6)13(3)17-20-11-9-8-10-16-20/h12,15-17H,3-4,8-11H2,1-2,5-7H3. The quantitative estimate of drug-likeness (QED) is 0.741. The van der Waals surface area contributed by atoms with Crippen molar-refractivity contribution in [3.63, 3.8) is 0 Å². The Morgan fingerprint density at radius 2 is 1.85 bits per heavy atom. The molecule has 0 aromatic carbocycles. The van der Waals surface area contributed by atoms with Gasteiger partial charge in [0, 0.05) is 39.9 Å². The number of hydrogen-bond donors (Lipinski definition) is 2. The summed E-state index contributed by atoms with van der Waals surface area (Å²) in [6.07, 6.45) is 2.44. The molecule has 5 heteroatoms. The first kappa shape index (κ1) is 16.9. The van der Waals surface area contributed by atoms with E-state index in [4.69, 9.17) is 0 Å². The highest BCUT2D eigenvalue weighted by Gasteiger charge is 2.25. The smallest absolute Gasteiger partial charge is 0.0963 e. The third-order valence-corrected chi connectivity index (χ3v) is 3.72. The molecule has 0 bridgehead atoms. The lowest BCUT2D eigenvalue weighted by molar-refractivity contribution is 0.0879. The lowest BCUT2D eigenvalue weighted by atomic mass is 10.0. The molecule has 5 nitrogen and oxygen atoms in total.